The quantitative estimate of drug-likeness (QED) is 0.571. The van der Waals surface area contributed by atoms with Crippen LogP contribution in [-0.4, -0.2) is 46.0 Å². The first-order valence-electron chi connectivity index (χ1n) is 11.1. The van der Waals surface area contributed by atoms with E-state index in [9.17, 15) is 19.5 Å². The predicted octanol–water partition coefficient (Wildman–Crippen LogP) is 4.45. The van der Waals surface area contributed by atoms with Gasteiger partial charge in [0.05, 0.1) is 5.56 Å². The van der Waals surface area contributed by atoms with Gasteiger partial charge < -0.3 is 15.5 Å². The summed E-state index contributed by atoms with van der Waals surface area (Å²) >= 11 is 1.27. The van der Waals surface area contributed by atoms with E-state index in [4.69, 9.17) is 5.11 Å². The number of anilines is 1. The number of aromatic carboxylic acids is 1. The standard InChI is InChI=1S/C22H30N2O5S/c25-19(22(28)29)23-20-17(21(26)27)16-14-9-5-11-24(12-14)15(18(16)30-20)10-4-8-13-6-2-1-3-7-13/h13-15H,1-12H2,(H,23,25)(H,26,27)(H,28,29). The van der Waals surface area contributed by atoms with Gasteiger partial charge in [-0.25, -0.2) is 9.59 Å². The molecule has 3 aliphatic rings. The van der Waals surface area contributed by atoms with Gasteiger partial charge in [-0.05, 0) is 43.2 Å². The molecule has 1 saturated carbocycles. The van der Waals surface area contributed by atoms with Crippen molar-refractivity contribution in [3.8, 4) is 0 Å². The number of carbonyl (C=O) groups is 3. The maximum Gasteiger partial charge on any atom is 0.394 e. The molecule has 0 aromatic carbocycles. The van der Waals surface area contributed by atoms with Crippen molar-refractivity contribution in [2.45, 2.75) is 76.2 Å². The van der Waals surface area contributed by atoms with Gasteiger partial charge in [0.15, 0.2) is 0 Å². The largest absolute Gasteiger partial charge is 0.478 e. The number of aliphatic carboxylic acids is 1. The van der Waals surface area contributed by atoms with Gasteiger partial charge in [0.25, 0.3) is 0 Å². The fourth-order valence-corrected chi connectivity index (χ4v) is 7.10. The third-order valence-electron chi connectivity index (χ3n) is 7.03. The van der Waals surface area contributed by atoms with Crippen LogP contribution in [0, 0.1) is 5.92 Å². The molecule has 1 amide bonds. The Hall–Kier alpha value is -1.93. The molecule has 7 nitrogen and oxygen atoms in total. The molecular formula is C22H30N2O5S. The van der Waals surface area contributed by atoms with E-state index in [0.29, 0.717) is 0 Å². The lowest BCUT2D eigenvalue weighted by Gasteiger charge is -2.43. The molecular weight excluding hydrogens is 404 g/mol. The number of carboxylic acids is 2. The Morgan fingerprint density at radius 2 is 1.80 bits per heavy atom. The number of carbonyl (C=O) groups excluding carboxylic acids is 1. The molecule has 3 atom stereocenters. The molecule has 1 aliphatic carbocycles. The van der Waals surface area contributed by atoms with Crippen LogP contribution in [0.25, 0.3) is 0 Å². The number of fused-ring (bicyclic) bond motifs is 4. The summed E-state index contributed by atoms with van der Waals surface area (Å²) in [6.07, 6.45) is 12.0. The Labute approximate surface area is 180 Å². The summed E-state index contributed by atoms with van der Waals surface area (Å²) in [5, 5.41) is 21.4. The molecule has 30 heavy (non-hydrogen) atoms. The van der Waals surface area contributed by atoms with Crippen molar-refractivity contribution in [2.24, 2.45) is 5.92 Å². The maximum atomic E-state index is 12.1. The molecule has 2 fully saturated rings. The molecule has 3 unspecified atom stereocenters. The van der Waals surface area contributed by atoms with Gasteiger partial charge in [0.2, 0.25) is 0 Å². The summed E-state index contributed by atoms with van der Waals surface area (Å²) in [5.74, 6) is -2.92. The first-order valence-corrected chi connectivity index (χ1v) is 12.0. The summed E-state index contributed by atoms with van der Waals surface area (Å²) in [6.45, 7) is 1.87. The highest BCUT2D eigenvalue weighted by atomic mass is 32.1. The molecule has 3 heterocycles. The molecule has 3 N–H and O–H groups in total. The van der Waals surface area contributed by atoms with Gasteiger partial charge >= 0.3 is 17.8 Å². The number of thiophene rings is 1. The normalized spacial score (nSPS) is 26.1. The summed E-state index contributed by atoms with van der Waals surface area (Å²) in [5.41, 5.74) is 0.945. The van der Waals surface area contributed by atoms with Crippen molar-refractivity contribution in [2.75, 3.05) is 18.4 Å². The molecule has 164 valence electrons. The Bertz CT molecular complexity index is 830. The van der Waals surface area contributed by atoms with Crippen molar-refractivity contribution >= 4 is 34.2 Å². The average Bonchev–Trinajstić information content (AvgIpc) is 3.11. The van der Waals surface area contributed by atoms with Crippen LogP contribution < -0.4 is 5.32 Å². The number of amides is 1. The lowest BCUT2D eigenvalue weighted by atomic mass is 9.80. The van der Waals surface area contributed by atoms with Crippen LogP contribution in [0.2, 0.25) is 0 Å². The lowest BCUT2D eigenvalue weighted by molar-refractivity contribution is -0.147. The van der Waals surface area contributed by atoms with Crippen molar-refractivity contribution in [1.29, 1.82) is 0 Å². The SMILES string of the molecule is O=C(O)C(=O)Nc1sc2c(c1C(=O)O)C1CCCN(C1)C2CCCC1CCCCC1. The van der Waals surface area contributed by atoms with Crippen LogP contribution in [0.5, 0.6) is 0 Å². The molecule has 4 rings (SSSR count). The number of hydrogen-bond acceptors (Lipinski definition) is 5. The van der Waals surface area contributed by atoms with E-state index in [2.05, 4.69) is 10.2 Å². The van der Waals surface area contributed by atoms with Crippen molar-refractivity contribution in [3.63, 3.8) is 0 Å². The van der Waals surface area contributed by atoms with E-state index in [0.717, 1.165) is 55.1 Å². The number of piperidine rings is 1. The molecule has 1 aromatic heterocycles. The summed E-state index contributed by atoms with van der Waals surface area (Å²) < 4.78 is 0. The van der Waals surface area contributed by atoms with Crippen molar-refractivity contribution in [3.05, 3.63) is 16.0 Å². The first kappa shape index (κ1) is 21.3. The minimum atomic E-state index is -1.61. The van der Waals surface area contributed by atoms with E-state index < -0.39 is 17.8 Å². The Morgan fingerprint density at radius 1 is 1.03 bits per heavy atom. The number of hydrogen-bond donors (Lipinski definition) is 3. The fraction of sp³-hybridized carbons (Fsp3) is 0.682. The lowest BCUT2D eigenvalue weighted by Crippen LogP contribution is -2.41. The molecule has 2 bridgehead atoms. The van der Waals surface area contributed by atoms with E-state index in [1.54, 1.807) is 0 Å². The van der Waals surface area contributed by atoms with Crippen LogP contribution in [-0.2, 0) is 9.59 Å². The Morgan fingerprint density at radius 3 is 2.50 bits per heavy atom. The minimum Gasteiger partial charge on any atom is -0.478 e. The second kappa shape index (κ2) is 9.06. The van der Waals surface area contributed by atoms with Crippen LogP contribution in [0.1, 0.15) is 97.0 Å². The zero-order chi connectivity index (χ0) is 21.3. The van der Waals surface area contributed by atoms with Gasteiger partial charge in [-0.15, -0.1) is 11.3 Å². The van der Waals surface area contributed by atoms with E-state index in [-0.39, 0.29) is 22.5 Å². The zero-order valence-corrected chi connectivity index (χ0v) is 18.0. The van der Waals surface area contributed by atoms with E-state index >= 15 is 0 Å². The predicted molar refractivity (Wildman–Crippen MR) is 114 cm³/mol. The van der Waals surface area contributed by atoms with Gasteiger partial charge in [0, 0.05) is 17.5 Å². The Kier molecular flexibility index (Phi) is 6.43. The van der Waals surface area contributed by atoms with Crippen LogP contribution in [0.15, 0.2) is 0 Å². The number of nitrogens with one attached hydrogen (secondary N) is 1. The number of rotatable bonds is 6. The van der Waals surface area contributed by atoms with Crippen molar-refractivity contribution < 1.29 is 24.6 Å². The van der Waals surface area contributed by atoms with Gasteiger partial charge in [-0.1, -0.05) is 44.9 Å². The molecule has 0 radical (unpaired) electrons. The first-order chi connectivity index (χ1) is 14.5. The topological polar surface area (TPSA) is 107 Å². The monoisotopic (exact) mass is 434 g/mol. The second-order valence-corrected chi connectivity index (χ2v) is 9.99. The van der Waals surface area contributed by atoms with Crippen LogP contribution in [0.3, 0.4) is 0 Å². The fourth-order valence-electron chi connectivity index (χ4n) is 5.65. The summed E-state index contributed by atoms with van der Waals surface area (Å²) in [4.78, 5) is 38.3. The minimum absolute atomic E-state index is 0.105. The number of nitrogens with zero attached hydrogens (tertiary/aromatic N) is 1. The van der Waals surface area contributed by atoms with Gasteiger partial charge in [-0.3, -0.25) is 9.69 Å². The van der Waals surface area contributed by atoms with Crippen LogP contribution in [0.4, 0.5) is 5.00 Å². The number of carboxylic acid groups (broad SMARTS) is 2. The molecule has 2 aliphatic heterocycles. The van der Waals surface area contributed by atoms with Crippen molar-refractivity contribution in [1.82, 2.24) is 4.90 Å². The maximum absolute atomic E-state index is 12.1. The van der Waals surface area contributed by atoms with Gasteiger partial charge in [-0.2, -0.15) is 0 Å². The second-order valence-electron chi connectivity index (χ2n) is 8.93. The molecule has 0 spiro atoms. The Balaban J connectivity index is 1.59. The van der Waals surface area contributed by atoms with E-state index in [1.807, 2.05) is 0 Å². The van der Waals surface area contributed by atoms with Gasteiger partial charge in [0.1, 0.15) is 5.00 Å². The smallest absolute Gasteiger partial charge is 0.394 e. The third kappa shape index (κ3) is 4.25. The highest BCUT2D eigenvalue weighted by molar-refractivity contribution is 7.17. The average molecular weight is 435 g/mol. The zero-order valence-electron chi connectivity index (χ0n) is 17.2. The third-order valence-corrected chi connectivity index (χ3v) is 8.25. The highest BCUT2D eigenvalue weighted by Gasteiger charge is 2.41. The summed E-state index contributed by atoms with van der Waals surface area (Å²) in [7, 11) is 0. The summed E-state index contributed by atoms with van der Waals surface area (Å²) in [6, 6.07) is 0.165. The molecule has 1 saturated heterocycles. The van der Waals surface area contributed by atoms with Crippen LogP contribution >= 0.6 is 11.3 Å². The molecule has 8 heteroatoms. The van der Waals surface area contributed by atoms with E-state index in [1.165, 1.54) is 49.9 Å². The molecule has 1 aromatic rings. The highest BCUT2D eigenvalue weighted by Crippen LogP contribution is 2.51.